The van der Waals surface area contributed by atoms with E-state index >= 15 is 0 Å². The highest BCUT2D eigenvalue weighted by Crippen LogP contribution is 2.32. The molecule has 0 aromatic rings. The van der Waals surface area contributed by atoms with Crippen LogP contribution in [0.5, 0.6) is 0 Å². The van der Waals surface area contributed by atoms with Gasteiger partial charge in [0, 0.05) is 0 Å². The number of hydrogen-bond acceptors (Lipinski definition) is 0. The second-order valence-electron chi connectivity index (χ2n) is 4.75. The molecule has 0 saturated heterocycles. The summed E-state index contributed by atoms with van der Waals surface area (Å²) in [4.78, 5) is 0. The Morgan fingerprint density at radius 1 is 0.929 bits per heavy atom. The van der Waals surface area contributed by atoms with Crippen LogP contribution in [0, 0.1) is 5.92 Å². The van der Waals surface area contributed by atoms with Crippen molar-refractivity contribution in [1.29, 1.82) is 0 Å². The van der Waals surface area contributed by atoms with Crippen molar-refractivity contribution in [2.75, 3.05) is 0 Å². The molecule has 0 amide bonds. The summed E-state index contributed by atoms with van der Waals surface area (Å²) in [6.45, 7) is 0. The van der Waals surface area contributed by atoms with E-state index < -0.39 is 0 Å². The summed E-state index contributed by atoms with van der Waals surface area (Å²) in [5, 5.41) is 0. The van der Waals surface area contributed by atoms with Crippen LogP contribution in [0.1, 0.15) is 57.8 Å². The Morgan fingerprint density at radius 3 is 2.64 bits per heavy atom. The van der Waals surface area contributed by atoms with Gasteiger partial charge in [-0.2, -0.15) is 0 Å². The molecular weight excluding hydrogens is 168 g/mol. The van der Waals surface area contributed by atoms with Gasteiger partial charge in [-0.3, -0.25) is 0 Å². The van der Waals surface area contributed by atoms with Crippen molar-refractivity contribution in [3.8, 4) is 0 Å². The molecule has 0 aliphatic heterocycles. The molecule has 78 valence electrons. The fourth-order valence-corrected chi connectivity index (χ4v) is 2.78. The Bertz CT molecular complexity index is 216. The molecule has 14 heavy (non-hydrogen) atoms. The molecule has 2 rings (SSSR count). The van der Waals surface area contributed by atoms with Crippen molar-refractivity contribution in [3.63, 3.8) is 0 Å². The summed E-state index contributed by atoms with van der Waals surface area (Å²) in [5.41, 5.74) is 1.75. The average Bonchev–Trinajstić information content (AvgIpc) is 2.18. The van der Waals surface area contributed by atoms with Gasteiger partial charge in [-0.15, -0.1) is 0 Å². The van der Waals surface area contributed by atoms with Crippen molar-refractivity contribution in [1.82, 2.24) is 0 Å². The second-order valence-corrected chi connectivity index (χ2v) is 4.75. The molecule has 0 aromatic heterocycles. The van der Waals surface area contributed by atoms with Crippen LogP contribution in [-0.2, 0) is 0 Å². The molecule has 1 fully saturated rings. The second kappa shape index (κ2) is 5.38. The third-order valence-corrected chi connectivity index (χ3v) is 3.66. The Labute approximate surface area is 88.1 Å². The Kier molecular flexibility index (Phi) is 3.85. The van der Waals surface area contributed by atoms with E-state index in [0.29, 0.717) is 0 Å². The highest BCUT2D eigenvalue weighted by atomic mass is 14.2. The van der Waals surface area contributed by atoms with E-state index in [2.05, 4.69) is 18.2 Å². The number of hydrogen-bond donors (Lipinski definition) is 0. The van der Waals surface area contributed by atoms with Gasteiger partial charge in [-0.1, -0.05) is 43.1 Å². The first kappa shape index (κ1) is 10.0. The summed E-state index contributed by atoms with van der Waals surface area (Å²) in [7, 11) is 0. The van der Waals surface area contributed by atoms with Crippen LogP contribution in [-0.4, -0.2) is 0 Å². The SMILES string of the molecule is C1=C\CCCC\C(C2CCCCC2)=C/1. The minimum Gasteiger partial charge on any atom is -0.0845 e. The molecule has 0 aromatic carbocycles. The molecule has 0 radical (unpaired) electrons. The van der Waals surface area contributed by atoms with Crippen LogP contribution in [0.4, 0.5) is 0 Å². The van der Waals surface area contributed by atoms with E-state index in [0.717, 1.165) is 5.92 Å². The van der Waals surface area contributed by atoms with Gasteiger partial charge in [0.05, 0.1) is 0 Å². The van der Waals surface area contributed by atoms with Crippen LogP contribution in [0.25, 0.3) is 0 Å². The van der Waals surface area contributed by atoms with Gasteiger partial charge in [0.25, 0.3) is 0 Å². The van der Waals surface area contributed by atoms with E-state index in [9.17, 15) is 0 Å². The van der Waals surface area contributed by atoms with Crippen molar-refractivity contribution in [2.45, 2.75) is 57.8 Å². The zero-order chi connectivity index (χ0) is 9.64. The Morgan fingerprint density at radius 2 is 1.79 bits per heavy atom. The van der Waals surface area contributed by atoms with E-state index in [1.165, 1.54) is 57.8 Å². The van der Waals surface area contributed by atoms with Gasteiger partial charge >= 0.3 is 0 Å². The largest absolute Gasteiger partial charge is 0.0845 e. The van der Waals surface area contributed by atoms with Crippen molar-refractivity contribution >= 4 is 0 Å². The van der Waals surface area contributed by atoms with Crippen molar-refractivity contribution in [2.24, 2.45) is 5.92 Å². The molecule has 0 bridgehead atoms. The predicted molar refractivity (Wildman–Crippen MR) is 62.3 cm³/mol. The molecule has 0 nitrogen and oxygen atoms in total. The molecule has 0 N–H and O–H groups in total. The quantitative estimate of drug-likeness (QED) is 0.566. The maximum atomic E-state index is 2.41. The Hall–Kier alpha value is -0.520. The smallest absolute Gasteiger partial charge is 0.0200 e. The van der Waals surface area contributed by atoms with E-state index in [4.69, 9.17) is 0 Å². The van der Waals surface area contributed by atoms with Gasteiger partial charge in [0.1, 0.15) is 0 Å². The third kappa shape index (κ3) is 2.73. The van der Waals surface area contributed by atoms with Gasteiger partial charge in [0.2, 0.25) is 0 Å². The Balaban J connectivity index is 1.98. The molecule has 0 heteroatoms. The molecule has 1 saturated carbocycles. The minimum absolute atomic E-state index is 0.937. The van der Waals surface area contributed by atoms with Crippen LogP contribution in [0.15, 0.2) is 23.8 Å². The standard InChI is InChI=1S/C14H22/c1-2-5-9-13(10-6-3-1)14-11-7-4-8-12-14/h2,5,9,14H,1,3-4,6-8,10-12H2/b5-2-,13-9+. The zero-order valence-corrected chi connectivity index (χ0v) is 9.17. The lowest BCUT2D eigenvalue weighted by molar-refractivity contribution is 0.392. The fourth-order valence-electron chi connectivity index (χ4n) is 2.78. The highest BCUT2D eigenvalue weighted by molar-refractivity contribution is 5.16. The average molecular weight is 190 g/mol. The normalized spacial score (nSPS) is 31.3. The fraction of sp³-hybridized carbons (Fsp3) is 0.714. The van der Waals surface area contributed by atoms with Gasteiger partial charge in [-0.25, -0.2) is 0 Å². The monoisotopic (exact) mass is 190 g/mol. The summed E-state index contributed by atoms with van der Waals surface area (Å²) in [6, 6.07) is 0. The molecule has 0 unspecified atom stereocenters. The first-order chi connectivity index (χ1) is 6.97. The minimum atomic E-state index is 0.937. The predicted octanol–water partition coefficient (Wildman–Crippen LogP) is 4.62. The number of allylic oxidation sites excluding steroid dienone is 4. The summed E-state index contributed by atoms with van der Waals surface area (Å²) >= 11 is 0. The molecule has 2 aliphatic rings. The lowest BCUT2D eigenvalue weighted by atomic mass is 9.81. The van der Waals surface area contributed by atoms with E-state index in [-0.39, 0.29) is 0 Å². The van der Waals surface area contributed by atoms with Crippen molar-refractivity contribution < 1.29 is 0 Å². The zero-order valence-electron chi connectivity index (χ0n) is 9.17. The summed E-state index contributed by atoms with van der Waals surface area (Å²) in [5.74, 6) is 0.937. The molecule has 2 aliphatic carbocycles. The van der Waals surface area contributed by atoms with Crippen LogP contribution in [0.2, 0.25) is 0 Å². The lowest BCUT2D eigenvalue weighted by Gasteiger charge is -2.25. The van der Waals surface area contributed by atoms with Crippen LogP contribution in [0.3, 0.4) is 0 Å². The summed E-state index contributed by atoms with van der Waals surface area (Å²) < 4.78 is 0. The van der Waals surface area contributed by atoms with Gasteiger partial charge < -0.3 is 0 Å². The maximum Gasteiger partial charge on any atom is -0.0200 e. The van der Waals surface area contributed by atoms with Crippen LogP contribution < -0.4 is 0 Å². The first-order valence-electron chi connectivity index (χ1n) is 6.32. The van der Waals surface area contributed by atoms with E-state index in [1.54, 1.807) is 5.57 Å². The maximum absolute atomic E-state index is 2.41. The third-order valence-electron chi connectivity index (χ3n) is 3.66. The van der Waals surface area contributed by atoms with Gasteiger partial charge in [0.15, 0.2) is 0 Å². The molecule has 0 heterocycles. The number of rotatable bonds is 1. The highest BCUT2D eigenvalue weighted by Gasteiger charge is 2.17. The topological polar surface area (TPSA) is 0 Å². The van der Waals surface area contributed by atoms with Crippen molar-refractivity contribution in [3.05, 3.63) is 23.8 Å². The molecule has 0 spiro atoms. The lowest BCUT2D eigenvalue weighted by Crippen LogP contribution is -2.09. The first-order valence-corrected chi connectivity index (χ1v) is 6.32. The van der Waals surface area contributed by atoms with Crippen LogP contribution >= 0.6 is 0 Å². The summed E-state index contributed by atoms with van der Waals surface area (Å²) in [6.07, 6.45) is 19.8. The molecular formula is C14H22. The van der Waals surface area contributed by atoms with E-state index in [1.807, 2.05) is 0 Å². The molecule has 0 atom stereocenters. The van der Waals surface area contributed by atoms with Gasteiger partial charge in [-0.05, 0) is 44.4 Å².